The van der Waals surface area contributed by atoms with Crippen LogP contribution in [0, 0.1) is 0 Å². The summed E-state index contributed by atoms with van der Waals surface area (Å²) in [6.45, 7) is 5.30. The van der Waals surface area contributed by atoms with Crippen LogP contribution in [-0.2, 0) is 4.79 Å². The molecule has 0 spiro atoms. The van der Waals surface area contributed by atoms with Gasteiger partial charge in [-0.1, -0.05) is 18.2 Å². The number of anilines is 1. The molecule has 0 unspecified atom stereocenters. The van der Waals surface area contributed by atoms with Crippen LogP contribution in [0.5, 0.6) is 5.75 Å². The molecule has 1 amide bonds. The van der Waals surface area contributed by atoms with Gasteiger partial charge in [-0.2, -0.15) is 0 Å². The molecule has 0 radical (unpaired) electrons. The molecular weight excluding hydrogens is 342 g/mol. The van der Waals surface area contributed by atoms with E-state index in [2.05, 4.69) is 19.8 Å². The lowest BCUT2D eigenvalue weighted by Gasteiger charge is -2.34. The summed E-state index contributed by atoms with van der Waals surface area (Å²) in [6, 6.07) is 11.6. The summed E-state index contributed by atoms with van der Waals surface area (Å²) in [5.41, 5.74) is 0. The Kier molecular flexibility index (Phi) is 5.48. The van der Waals surface area contributed by atoms with Crippen LogP contribution in [0.2, 0.25) is 0 Å². The first-order chi connectivity index (χ1) is 13.3. The Balaban J connectivity index is 1.22. The monoisotopic (exact) mass is 367 g/mol. The Morgan fingerprint density at radius 2 is 1.74 bits per heavy atom. The highest BCUT2D eigenvalue weighted by atomic mass is 16.5. The van der Waals surface area contributed by atoms with Crippen molar-refractivity contribution in [2.45, 2.75) is 12.5 Å². The number of rotatable bonds is 5. The number of carbonyl (C=O) groups is 1. The van der Waals surface area contributed by atoms with Crippen LogP contribution in [0.1, 0.15) is 6.42 Å². The lowest BCUT2D eigenvalue weighted by Crippen LogP contribution is -2.50. The van der Waals surface area contributed by atoms with Crippen molar-refractivity contribution in [2.75, 3.05) is 50.7 Å². The molecule has 0 bridgehead atoms. The van der Waals surface area contributed by atoms with Gasteiger partial charge in [0.15, 0.2) is 0 Å². The highest BCUT2D eigenvalue weighted by Gasteiger charge is 2.29. The molecule has 3 heterocycles. The molecule has 2 aliphatic rings. The number of likely N-dealkylation sites (tertiary alicyclic amines) is 1. The lowest BCUT2D eigenvalue weighted by atomic mass is 10.3. The predicted molar refractivity (Wildman–Crippen MR) is 103 cm³/mol. The fourth-order valence-electron chi connectivity index (χ4n) is 3.59. The summed E-state index contributed by atoms with van der Waals surface area (Å²) in [7, 11) is 0. The summed E-state index contributed by atoms with van der Waals surface area (Å²) < 4.78 is 5.98. The smallest absolute Gasteiger partial charge is 0.236 e. The second-order valence-corrected chi connectivity index (χ2v) is 6.99. The maximum atomic E-state index is 12.7. The Hall–Kier alpha value is -2.67. The number of hydrogen-bond acceptors (Lipinski definition) is 6. The number of hydrogen-bond donors (Lipinski definition) is 0. The molecule has 0 saturated carbocycles. The van der Waals surface area contributed by atoms with Gasteiger partial charge in [0, 0.05) is 51.5 Å². The molecule has 7 heteroatoms. The Bertz CT molecular complexity index is 735. The standard InChI is InChI=1S/C20H25N5O2/c26-19(25-10-7-18(15-25)27-17-5-2-1-3-6-17)16-23-11-13-24(14-12-23)20-21-8-4-9-22-20/h1-6,8-9,18H,7,10-16H2/t18-/m0/s1. The third-order valence-corrected chi connectivity index (χ3v) is 5.11. The maximum Gasteiger partial charge on any atom is 0.236 e. The van der Waals surface area contributed by atoms with Gasteiger partial charge in [-0.25, -0.2) is 9.97 Å². The van der Waals surface area contributed by atoms with Crippen LogP contribution in [0.25, 0.3) is 0 Å². The highest BCUT2D eigenvalue weighted by molar-refractivity contribution is 5.78. The number of nitrogens with zero attached hydrogens (tertiary/aromatic N) is 5. The second kappa shape index (κ2) is 8.35. The molecule has 142 valence electrons. The van der Waals surface area contributed by atoms with Gasteiger partial charge in [0.1, 0.15) is 11.9 Å². The van der Waals surface area contributed by atoms with E-state index in [0.29, 0.717) is 13.1 Å². The Morgan fingerprint density at radius 3 is 2.48 bits per heavy atom. The van der Waals surface area contributed by atoms with E-state index in [4.69, 9.17) is 4.74 Å². The number of amides is 1. The van der Waals surface area contributed by atoms with Gasteiger partial charge in [-0.3, -0.25) is 9.69 Å². The van der Waals surface area contributed by atoms with Crippen molar-refractivity contribution in [1.29, 1.82) is 0 Å². The first-order valence-corrected chi connectivity index (χ1v) is 9.52. The van der Waals surface area contributed by atoms with E-state index in [1.165, 1.54) is 0 Å². The van der Waals surface area contributed by atoms with E-state index >= 15 is 0 Å². The van der Waals surface area contributed by atoms with Gasteiger partial charge in [0.05, 0.1) is 13.1 Å². The molecule has 0 aliphatic carbocycles. The summed E-state index contributed by atoms with van der Waals surface area (Å²) >= 11 is 0. The van der Waals surface area contributed by atoms with E-state index in [0.717, 1.165) is 50.8 Å². The zero-order valence-electron chi connectivity index (χ0n) is 15.4. The van der Waals surface area contributed by atoms with Crippen LogP contribution < -0.4 is 9.64 Å². The minimum absolute atomic E-state index is 0.0865. The van der Waals surface area contributed by atoms with E-state index in [9.17, 15) is 4.79 Å². The molecule has 2 saturated heterocycles. The number of benzene rings is 1. The number of ether oxygens (including phenoxy) is 1. The van der Waals surface area contributed by atoms with Gasteiger partial charge in [0.2, 0.25) is 11.9 Å². The summed E-state index contributed by atoms with van der Waals surface area (Å²) in [6.07, 6.45) is 4.50. The number of carbonyl (C=O) groups excluding carboxylic acids is 1. The summed E-state index contributed by atoms with van der Waals surface area (Å²) in [4.78, 5) is 27.6. The SMILES string of the molecule is O=C(CN1CCN(c2ncccn2)CC1)N1CC[C@H](Oc2ccccc2)C1. The van der Waals surface area contributed by atoms with Crippen LogP contribution >= 0.6 is 0 Å². The number of aromatic nitrogens is 2. The van der Waals surface area contributed by atoms with Gasteiger partial charge in [0.25, 0.3) is 0 Å². The molecular formula is C20H25N5O2. The lowest BCUT2D eigenvalue weighted by molar-refractivity contribution is -0.131. The van der Waals surface area contributed by atoms with Crippen molar-refractivity contribution < 1.29 is 9.53 Å². The molecule has 0 N–H and O–H groups in total. The zero-order chi connectivity index (χ0) is 18.5. The minimum atomic E-state index is 0.0865. The van der Waals surface area contributed by atoms with E-state index in [1.54, 1.807) is 12.4 Å². The van der Waals surface area contributed by atoms with Crippen LogP contribution in [0.4, 0.5) is 5.95 Å². The van der Waals surface area contributed by atoms with Crippen molar-refractivity contribution in [3.05, 3.63) is 48.8 Å². The summed E-state index contributed by atoms with van der Waals surface area (Å²) in [5.74, 6) is 1.83. The predicted octanol–water partition coefficient (Wildman–Crippen LogP) is 1.28. The number of piperazine rings is 1. The fourth-order valence-corrected chi connectivity index (χ4v) is 3.59. The fraction of sp³-hybridized carbons (Fsp3) is 0.450. The molecule has 27 heavy (non-hydrogen) atoms. The third kappa shape index (κ3) is 4.54. The first kappa shape index (κ1) is 17.7. The largest absolute Gasteiger partial charge is 0.489 e. The van der Waals surface area contributed by atoms with Crippen molar-refractivity contribution in [2.24, 2.45) is 0 Å². The van der Waals surface area contributed by atoms with Gasteiger partial charge < -0.3 is 14.5 Å². The first-order valence-electron chi connectivity index (χ1n) is 9.52. The molecule has 1 aromatic carbocycles. The van der Waals surface area contributed by atoms with Gasteiger partial charge >= 0.3 is 0 Å². The molecule has 7 nitrogen and oxygen atoms in total. The average molecular weight is 367 g/mol. The molecule has 1 aromatic heterocycles. The van der Waals surface area contributed by atoms with Crippen molar-refractivity contribution in [3.8, 4) is 5.75 Å². The van der Waals surface area contributed by atoms with Crippen LogP contribution in [-0.4, -0.2) is 77.6 Å². The zero-order valence-corrected chi connectivity index (χ0v) is 15.4. The van der Waals surface area contributed by atoms with E-state index in [1.807, 2.05) is 41.3 Å². The molecule has 1 atom stereocenters. The van der Waals surface area contributed by atoms with E-state index < -0.39 is 0 Å². The van der Waals surface area contributed by atoms with E-state index in [-0.39, 0.29) is 12.0 Å². The highest BCUT2D eigenvalue weighted by Crippen LogP contribution is 2.18. The number of para-hydroxylation sites is 1. The average Bonchev–Trinajstić information content (AvgIpc) is 3.19. The Morgan fingerprint density at radius 1 is 1.00 bits per heavy atom. The van der Waals surface area contributed by atoms with Gasteiger partial charge in [-0.15, -0.1) is 0 Å². The van der Waals surface area contributed by atoms with Gasteiger partial charge in [-0.05, 0) is 18.2 Å². The van der Waals surface area contributed by atoms with Crippen molar-refractivity contribution in [1.82, 2.24) is 19.8 Å². The van der Waals surface area contributed by atoms with Crippen LogP contribution in [0.3, 0.4) is 0 Å². The second-order valence-electron chi connectivity index (χ2n) is 6.99. The van der Waals surface area contributed by atoms with Crippen molar-refractivity contribution >= 4 is 11.9 Å². The molecule has 2 fully saturated rings. The minimum Gasteiger partial charge on any atom is -0.489 e. The molecule has 2 aromatic rings. The quantitative estimate of drug-likeness (QED) is 0.793. The topological polar surface area (TPSA) is 61.8 Å². The third-order valence-electron chi connectivity index (χ3n) is 5.11. The summed E-state index contributed by atoms with van der Waals surface area (Å²) in [5, 5.41) is 0. The maximum absolute atomic E-state index is 12.7. The normalized spacial score (nSPS) is 20.7. The Labute approximate surface area is 159 Å². The van der Waals surface area contributed by atoms with Crippen LogP contribution in [0.15, 0.2) is 48.8 Å². The molecule has 4 rings (SSSR count). The van der Waals surface area contributed by atoms with Crippen molar-refractivity contribution in [3.63, 3.8) is 0 Å². The molecule has 2 aliphatic heterocycles.